The van der Waals surface area contributed by atoms with E-state index in [1.807, 2.05) is 25.1 Å². The second-order valence-corrected chi connectivity index (χ2v) is 4.99. The molecule has 0 aliphatic rings. The highest BCUT2D eigenvalue weighted by atomic mass is 16.3. The summed E-state index contributed by atoms with van der Waals surface area (Å²) in [6.45, 7) is 9.03. The number of carbonyl (C=O) groups is 1. The van der Waals surface area contributed by atoms with Crippen LogP contribution in [0.4, 0.5) is 5.69 Å². The van der Waals surface area contributed by atoms with Crippen molar-refractivity contribution in [2.75, 3.05) is 18.0 Å². The average Bonchev–Trinajstić information content (AvgIpc) is 2.24. The van der Waals surface area contributed by atoms with E-state index in [-0.39, 0.29) is 0 Å². The molecule has 0 spiro atoms. The molecule has 1 aromatic rings. The minimum Gasteiger partial charge on any atom is -0.389 e. The van der Waals surface area contributed by atoms with Gasteiger partial charge < -0.3 is 10.0 Å². The first-order valence-corrected chi connectivity index (χ1v) is 5.90. The van der Waals surface area contributed by atoms with Gasteiger partial charge in [-0.25, -0.2) is 0 Å². The normalized spacial score (nSPS) is 11.4. The molecule has 3 heteroatoms. The summed E-state index contributed by atoms with van der Waals surface area (Å²) in [5.74, 6) is 0. The molecule has 0 heterocycles. The zero-order chi connectivity index (χ0) is 13.1. The van der Waals surface area contributed by atoms with E-state index in [9.17, 15) is 9.90 Å². The Hall–Kier alpha value is -1.35. The molecule has 0 aromatic heterocycles. The highest BCUT2D eigenvalue weighted by Gasteiger charge is 2.18. The first-order chi connectivity index (χ1) is 7.87. The van der Waals surface area contributed by atoms with Gasteiger partial charge in [-0.3, -0.25) is 4.79 Å². The van der Waals surface area contributed by atoms with Gasteiger partial charge in [0.15, 0.2) is 0 Å². The van der Waals surface area contributed by atoms with Crippen molar-refractivity contribution in [3.8, 4) is 0 Å². The summed E-state index contributed by atoms with van der Waals surface area (Å²) in [5.41, 5.74) is 2.08. The van der Waals surface area contributed by atoms with E-state index in [4.69, 9.17) is 0 Å². The van der Waals surface area contributed by atoms with E-state index in [1.54, 1.807) is 13.8 Å². The second-order valence-electron chi connectivity index (χ2n) is 4.99. The lowest BCUT2D eigenvalue weighted by Crippen LogP contribution is -2.38. The van der Waals surface area contributed by atoms with Crippen LogP contribution in [0.15, 0.2) is 18.2 Å². The van der Waals surface area contributed by atoms with Gasteiger partial charge >= 0.3 is 0 Å². The topological polar surface area (TPSA) is 40.5 Å². The number of hydrogen-bond acceptors (Lipinski definition) is 3. The Morgan fingerprint density at radius 1 is 1.41 bits per heavy atom. The van der Waals surface area contributed by atoms with Crippen LogP contribution in [0.1, 0.15) is 36.7 Å². The number of carbonyl (C=O) groups excluding carboxylic acids is 1. The largest absolute Gasteiger partial charge is 0.389 e. The van der Waals surface area contributed by atoms with Crippen LogP contribution in [0.5, 0.6) is 0 Å². The SMILES string of the molecule is CCN(CC(C)(C)O)c1ccc(C=O)cc1C. The first kappa shape index (κ1) is 13.7. The molecular weight excluding hydrogens is 214 g/mol. The minimum absolute atomic E-state index is 0.574. The highest BCUT2D eigenvalue weighted by molar-refractivity contribution is 5.77. The second kappa shape index (κ2) is 5.32. The number of likely N-dealkylation sites (N-methyl/N-ethyl adjacent to an activating group) is 1. The van der Waals surface area contributed by atoms with Crippen molar-refractivity contribution >= 4 is 12.0 Å². The Balaban J connectivity index is 3.00. The molecule has 0 unspecified atom stereocenters. The molecule has 17 heavy (non-hydrogen) atoms. The summed E-state index contributed by atoms with van der Waals surface area (Å²) in [5, 5.41) is 9.87. The number of aryl methyl sites for hydroxylation is 1. The summed E-state index contributed by atoms with van der Waals surface area (Å²) in [6.07, 6.45) is 0.850. The molecule has 0 radical (unpaired) electrons. The van der Waals surface area contributed by atoms with Crippen LogP contribution < -0.4 is 4.90 Å². The van der Waals surface area contributed by atoms with Gasteiger partial charge in [0.25, 0.3) is 0 Å². The molecule has 1 N–H and O–H groups in total. The van der Waals surface area contributed by atoms with Crippen molar-refractivity contribution in [3.05, 3.63) is 29.3 Å². The lowest BCUT2D eigenvalue weighted by atomic mass is 10.1. The Morgan fingerprint density at radius 2 is 2.06 bits per heavy atom. The average molecular weight is 235 g/mol. The predicted octanol–water partition coefficient (Wildman–Crippen LogP) is 2.40. The van der Waals surface area contributed by atoms with E-state index < -0.39 is 5.60 Å². The molecular formula is C14H21NO2. The number of hydrogen-bond donors (Lipinski definition) is 1. The number of aliphatic hydroxyl groups is 1. The van der Waals surface area contributed by atoms with E-state index in [0.717, 1.165) is 24.1 Å². The monoisotopic (exact) mass is 235 g/mol. The molecule has 0 saturated carbocycles. The van der Waals surface area contributed by atoms with Gasteiger partial charge in [-0.1, -0.05) is 0 Å². The molecule has 0 aliphatic heterocycles. The molecule has 94 valence electrons. The lowest BCUT2D eigenvalue weighted by molar-refractivity contribution is 0.0875. The molecule has 0 atom stereocenters. The summed E-state index contributed by atoms with van der Waals surface area (Å²) in [6, 6.07) is 5.62. The van der Waals surface area contributed by atoms with E-state index >= 15 is 0 Å². The molecule has 3 nitrogen and oxygen atoms in total. The van der Waals surface area contributed by atoms with Gasteiger partial charge in [0.05, 0.1) is 5.60 Å². The zero-order valence-electron chi connectivity index (χ0n) is 11.0. The van der Waals surface area contributed by atoms with Crippen LogP contribution in [0.3, 0.4) is 0 Å². The third-order valence-electron chi connectivity index (χ3n) is 2.66. The van der Waals surface area contributed by atoms with E-state index in [2.05, 4.69) is 11.8 Å². The third-order valence-corrected chi connectivity index (χ3v) is 2.66. The Morgan fingerprint density at radius 3 is 2.47 bits per heavy atom. The van der Waals surface area contributed by atoms with Gasteiger partial charge in [0.1, 0.15) is 6.29 Å². The lowest BCUT2D eigenvalue weighted by Gasteiger charge is -2.31. The number of rotatable bonds is 5. The fourth-order valence-electron chi connectivity index (χ4n) is 1.94. The number of aldehydes is 1. The Bertz CT molecular complexity index is 394. The van der Waals surface area contributed by atoms with Gasteiger partial charge in [-0.15, -0.1) is 0 Å². The van der Waals surface area contributed by atoms with E-state index in [1.165, 1.54) is 0 Å². The van der Waals surface area contributed by atoms with Crippen LogP contribution in [-0.2, 0) is 0 Å². The Kier molecular flexibility index (Phi) is 4.29. The van der Waals surface area contributed by atoms with Gasteiger partial charge in [0.2, 0.25) is 0 Å². The third kappa shape index (κ3) is 3.86. The minimum atomic E-state index is -0.730. The van der Waals surface area contributed by atoms with Crippen molar-refractivity contribution in [1.82, 2.24) is 0 Å². The number of benzene rings is 1. The number of nitrogens with zero attached hydrogens (tertiary/aromatic N) is 1. The van der Waals surface area contributed by atoms with Gasteiger partial charge in [-0.2, -0.15) is 0 Å². The van der Waals surface area contributed by atoms with Crippen LogP contribution >= 0.6 is 0 Å². The van der Waals surface area contributed by atoms with Crippen molar-refractivity contribution in [3.63, 3.8) is 0 Å². The number of anilines is 1. The summed E-state index contributed by atoms with van der Waals surface area (Å²) in [4.78, 5) is 12.8. The standard InChI is InChI=1S/C14H21NO2/c1-5-15(10-14(3,4)17)13-7-6-12(9-16)8-11(13)2/h6-9,17H,5,10H2,1-4H3. The molecule has 0 aliphatic carbocycles. The van der Waals surface area contributed by atoms with Crippen molar-refractivity contribution in [1.29, 1.82) is 0 Å². The van der Waals surface area contributed by atoms with Crippen molar-refractivity contribution in [2.45, 2.75) is 33.3 Å². The van der Waals surface area contributed by atoms with Crippen LogP contribution in [0.25, 0.3) is 0 Å². The Labute approximate surface area is 103 Å². The maximum atomic E-state index is 10.7. The molecule has 1 aromatic carbocycles. The summed E-state index contributed by atoms with van der Waals surface area (Å²) >= 11 is 0. The van der Waals surface area contributed by atoms with Gasteiger partial charge in [0, 0.05) is 24.3 Å². The van der Waals surface area contributed by atoms with Crippen LogP contribution in [0.2, 0.25) is 0 Å². The molecule has 0 fully saturated rings. The smallest absolute Gasteiger partial charge is 0.150 e. The maximum Gasteiger partial charge on any atom is 0.150 e. The van der Waals surface area contributed by atoms with Crippen molar-refractivity contribution < 1.29 is 9.90 Å². The summed E-state index contributed by atoms with van der Waals surface area (Å²) in [7, 11) is 0. The predicted molar refractivity (Wildman–Crippen MR) is 70.8 cm³/mol. The van der Waals surface area contributed by atoms with Crippen LogP contribution in [-0.4, -0.2) is 30.1 Å². The molecule has 1 rings (SSSR count). The summed E-state index contributed by atoms with van der Waals surface area (Å²) < 4.78 is 0. The fraction of sp³-hybridized carbons (Fsp3) is 0.500. The molecule has 0 amide bonds. The highest BCUT2D eigenvalue weighted by Crippen LogP contribution is 2.22. The van der Waals surface area contributed by atoms with Crippen LogP contribution in [0, 0.1) is 6.92 Å². The van der Waals surface area contributed by atoms with Crippen molar-refractivity contribution in [2.24, 2.45) is 0 Å². The first-order valence-electron chi connectivity index (χ1n) is 5.90. The maximum absolute atomic E-state index is 10.7. The quantitative estimate of drug-likeness (QED) is 0.797. The molecule has 0 bridgehead atoms. The zero-order valence-corrected chi connectivity index (χ0v) is 11.0. The molecule has 0 saturated heterocycles. The fourth-order valence-corrected chi connectivity index (χ4v) is 1.94. The van der Waals surface area contributed by atoms with Gasteiger partial charge in [-0.05, 0) is 51.5 Å². The van der Waals surface area contributed by atoms with E-state index in [0.29, 0.717) is 12.1 Å².